The summed E-state index contributed by atoms with van der Waals surface area (Å²) in [6.07, 6.45) is 1.87. The van der Waals surface area contributed by atoms with E-state index in [1.54, 1.807) is 25.1 Å². The Hall–Kier alpha value is -3.34. The SMILES string of the molecule is CCCCNC(=O)[C@@H](CC)N(Cc1c(Cl)cccc1Cl)C(=O)CN(c1ccc(F)cc1)S(=O)(=O)c1ccc(OCC)cc1. The van der Waals surface area contributed by atoms with Gasteiger partial charge in [0.05, 0.1) is 17.2 Å². The van der Waals surface area contributed by atoms with Gasteiger partial charge in [-0.05, 0) is 80.4 Å². The van der Waals surface area contributed by atoms with E-state index >= 15 is 0 Å². The summed E-state index contributed by atoms with van der Waals surface area (Å²) in [6, 6.07) is 14.5. The zero-order valence-corrected chi connectivity index (χ0v) is 26.7. The molecule has 2 amide bonds. The van der Waals surface area contributed by atoms with Crippen molar-refractivity contribution < 1.29 is 27.1 Å². The van der Waals surface area contributed by atoms with Crippen LogP contribution in [0.15, 0.2) is 71.6 Å². The fraction of sp³-hybridized carbons (Fsp3) is 0.355. The lowest BCUT2D eigenvalue weighted by Crippen LogP contribution is -2.52. The maximum Gasteiger partial charge on any atom is 0.264 e. The first-order valence-corrected chi connectivity index (χ1v) is 16.2. The van der Waals surface area contributed by atoms with Gasteiger partial charge in [-0.2, -0.15) is 0 Å². The topological polar surface area (TPSA) is 96.0 Å². The molecule has 0 unspecified atom stereocenters. The van der Waals surface area contributed by atoms with Gasteiger partial charge in [0.2, 0.25) is 11.8 Å². The lowest BCUT2D eigenvalue weighted by Gasteiger charge is -2.33. The molecule has 0 heterocycles. The van der Waals surface area contributed by atoms with Crippen molar-refractivity contribution in [3.05, 3.63) is 88.2 Å². The third-order valence-corrected chi connectivity index (χ3v) is 9.22. The van der Waals surface area contributed by atoms with E-state index in [4.69, 9.17) is 27.9 Å². The highest BCUT2D eigenvalue weighted by atomic mass is 35.5. The summed E-state index contributed by atoms with van der Waals surface area (Å²) in [5, 5.41) is 3.45. The lowest BCUT2D eigenvalue weighted by molar-refractivity contribution is -0.140. The average Bonchev–Trinajstić information content (AvgIpc) is 2.98. The van der Waals surface area contributed by atoms with Crippen molar-refractivity contribution in [3.8, 4) is 5.75 Å². The van der Waals surface area contributed by atoms with Gasteiger partial charge in [-0.15, -0.1) is 0 Å². The molecule has 43 heavy (non-hydrogen) atoms. The number of hydrogen-bond acceptors (Lipinski definition) is 5. The number of anilines is 1. The highest BCUT2D eigenvalue weighted by Gasteiger charge is 2.34. The minimum Gasteiger partial charge on any atom is -0.494 e. The Morgan fingerprint density at radius 3 is 2.14 bits per heavy atom. The van der Waals surface area contributed by atoms with E-state index in [-0.39, 0.29) is 29.5 Å². The van der Waals surface area contributed by atoms with Gasteiger partial charge in [-0.1, -0.05) is 49.5 Å². The van der Waals surface area contributed by atoms with Gasteiger partial charge in [-0.25, -0.2) is 12.8 Å². The van der Waals surface area contributed by atoms with Crippen molar-refractivity contribution in [2.24, 2.45) is 0 Å². The van der Waals surface area contributed by atoms with Crippen LogP contribution >= 0.6 is 23.2 Å². The number of carbonyl (C=O) groups is 2. The molecule has 1 atom stereocenters. The van der Waals surface area contributed by atoms with E-state index in [2.05, 4.69) is 5.32 Å². The molecule has 0 saturated carbocycles. The molecule has 3 aromatic carbocycles. The van der Waals surface area contributed by atoms with Crippen molar-refractivity contribution in [2.75, 3.05) is 24.0 Å². The molecular weight excluding hydrogens is 616 g/mol. The van der Waals surface area contributed by atoms with Gasteiger partial charge >= 0.3 is 0 Å². The Kier molecular flexibility index (Phi) is 12.7. The van der Waals surface area contributed by atoms with Crippen LogP contribution in [0.3, 0.4) is 0 Å². The fourth-order valence-electron chi connectivity index (χ4n) is 4.42. The number of ether oxygens (including phenoxy) is 1. The first-order valence-electron chi connectivity index (χ1n) is 14.0. The Labute approximate surface area is 262 Å². The highest BCUT2D eigenvalue weighted by Crippen LogP contribution is 2.29. The van der Waals surface area contributed by atoms with Gasteiger partial charge in [-0.3, -0.25) is 13.9 Å². The van der Waals surface area contributed by atoms with Gasteiger partial charge in [0, 0.05) is 28.7 Å². The summed E-state index contributed by atoms with van der Waals surface area (Å²) in [5.74, 6) is -1.14. The number of nitrogens with one attached hydrogen (secondary N) is 1. The van der Waals surface area contributed by atoms with Crippen LogP contribution in [0.4, 0.5) is 10.1 Å². The number of rotatable bonds is 15. The number of carbonyl (C=O) groups excluding carboxylic acids is 2. The van der Waals surface area contributed by atoms with E-state index in [9.17, 15) is 22.4 Å². The molecule has 3 rings (SSSR count). The standard InChI is InChI=1S/C31H36Cl2FN3O5S/c1-4-7-19-35-31(39)29(5-2)36(20-26-27(32)9-8-10-28(26)33)30(38)21-37(23-13-11-22(34)12-14-23)43(40,41)25-17-15-24(16-18-25)42-6-3/h8-18,29H,4-7,19-21H2,1-3H3,(H,35,39)/t29-/m1/s1. The van der Waals surface area contributed by atoms with E-state index < -0.39 is 34.3 Å². The van der Waals surface area contributed by atoms with Crippen LogP contribution in [0.5, 0.6) is 5.75 Å². The molecule has 232 valence electrons. The lowest BCUT2D eigenvalue weighted by atomic mass is 10.1. The monoisotopic (exact) mass is 651 g/mol. The van der Waals surface area contributed by atoms with Crippen molar-refractivity contribution >= 4 is 50.7 Å². The smallest absolute Gasteiger partial charge is 0.264 e. The van der Waals surface area contributed by atoms with Crippen molar-refractivity contribution in [1.29, 1.82) is 0 Å². The number of hydrogen-bond donors (Lipinski definition) is 1. The Morgan fingerprint density at radius 2 is 1.58 bits per heavy atom. The van der Waals surface area contributed by atoms with E-state index in [0.29, 0.717) is 34.5 Å². The second kappa shape index (κ2) is 15.9. The van der Waals surface area contributed by atoms with Crippen molar-refractivity contribution in [1.82, 2.24) is 10.2 Å². The Bertz CT molecular complexity index is 1470. The molecule has 0 aliphatic rings. The van der Waals surface area contributed by atoms with Crippen LogP contribution in [0.1, 0.15) is 45.6 Å². The van der Waals surface area contributed by atoms with Crippen LogP contribution in [-0.2, 0) is 26.2 Å². The molecule has 3 aromatic rings. The second-order valence-electron chi connectivity index (χ2n) is 9.68. The fourth-order valence-corrected chi connectivity index (χ4v) is 6.35. The third kappa shape index (κ3) is 8.84. The van der Waals surface area contributed by atoms with Crippen LogP contribution in [0.25, 0.3) is 0 Å². The summed E-state index contributed by atoms with van der Waals surface area (Å²) in [5.41, 5.74) is 0.488. The molecule has 0 spiro atoms. The zero-order valence-electron chi connectivity index (χ0n) is 24.4. The van der Waals surface area contributed by atoms with E-state index in [1.165, 1.54) is 41.3 Å². The molecule has 0 aliphatic heterocycles. The minimum atomic E-state index is -4.33. The van der Waals surface area contributed by atoms with Crippen LogP contribution in [0, 0.1) is 5.82 Å². The van der Waals surface area contributed by atoms with Gasteiger partial charge in [0.1, 0.15) is 24.2 Å². The zero-order chi connectivity index (χ0) is 31.6. The molecule has 1 N–H and O–H groups in total. The molecular formula is C31H36Cl2FN3O5S. The molecule has 8 nitrogen and oxygen atoms in total. The number of unbranched alkanes of at least 4 members (excludes halogenated alkanes) is 1. The van der Waals surface area contributed by atoms with E-state index in [0.717, 1.165) is 29.3 Å². The normalized spacial score (nSPS) is 12.0. The molecule has 0 saturated heterocycles. The van der Waals surface area contributed by atoms with Crippen molar-refractivity contribution in [2.45, 2.75) is 57.5 Å². The summed E-state index contributed by atoms with van der Waals surface area (Å²) in [7, 11) is -4.33. The molecule has 0 fully saturated rings. The van der Waals surface area contributed by atoms with Crippen LogP contribution in [0.2, 0.25) is 10.0 Å². The number of halogens is 3. The number of benzene rings is 3. The quantitative estimate of drug-likeness (QED) is 0.191. The summed E-state index contributed by atoms with van der Waals surface area (Å²) in [4.78, 5) is 28.6. The Morgan fingerprint density at radius 1 is 0.953 bits per heavy atom. The largest absolute Gasteiger partial charge is 0.494 e. The summed E-state index contributed by atoms with van der Waals surface area (Å²) >= 11 is 12.9. The highest BCUT2D eigenvalue weighted by molar-refractivity contribution is 7.92. The maximum absolute atomic E-state index is 14.1. The summed E-state index contributed by atoms with van der Waals surface area (Å²) in [6.45, 7) is 5.56. The average molecular weight is 653 g/mol. The van der Waals surface area contributed by atoms with E-state index in [1.807, 2.05) is 13.8 Å². The molecule has 0 aliphatic carbocycles. The van der Waals surface area contributed by atoms with Crippen molar-refractivity contribution in [3.63, 3.8) is 0 Å². The third-order valence-electron chi connectivity index (χ3n) is 6.72. The second-order valence-corrected chi connectivity index (χ2v) is 12.4. The first-order chi connectivity index (χ1) is 20.5. The Balaban J connectivity index is 2.06. The number of amides is 2. The predicted octanol–water partition coefficient (Wildman–Crippen LogP) is 6.45. The predicted molar refractivity (Wildman–Crippen MR) is 168 cm³/mol. The van der Waals surface area contributed by atoms with Crippen LogP contribution < -0.4 is 14.4 Å². The first kappa shape index (κ1) is 34.2. The molecule has 0 bridgehead atoms. The van der Waals surface area contributed by atoms with Gasteiger partial charge in [0.15, 0.2) is 0 Å². The summed E-state index contributed by atoms with van der Waals surface area (Å²) < 4.78 is 48.1. The van der Waals surface area contributed by atoms with Crippen LogP contribution in [-0.4, -0.2) is 50.9 Å². The minimum absolute atomic E-state index is 0.0693. The number of sulfonamides is 1. The molecule has 0 aromatic heterocycles. The van der Waals surface area contributed by atoms with Gasteiger partial charge in [0.25, 0.3) is 10.0 Å². The van der Waals surface area contributed by atoms with Gasteiger partial charge < -0.3 is 15.0 Å². The maximum atomic E-state index is 14.1. The number of nitrogens with zero attached hydrogens (tertiary/aromatic N) is 2. The molecule has 0 radical (unpaired) electrons. The molecule has 12 heteroatoms.